The Balaban J connectivity index is 1.52. The number of nitrogens with one attached hydrogen (secondary N) is 2. The van der Waals surface area contributed by atoms with E-state index in [1.54, 1.807) is 23.4 Å². The normalized spacial score (nSPS) is 16.8. The molecule has 2 heterocycles. The summed E-state index contributed by atoms with van der Waals surface area (Å²) >= 11 is 0. The molecule has 0 bridgehead atoms. The van der Waals surface area contributed by atoms with Crippen LogP contribution in [-0.2, 0) is 16.4 Å². The predicted octanol–water partition coefficient (Wildman–Crippen LogP) is 2.81. The van der Waals surface area contributed by atoms with Crippen LogP contribution < -0.4 is 5.69 Å². The highest BCUT2D eigenvalue weighted by Crippen LogP contribution is 2.28. The van der Waals surface area contributed by atoms with Crippen LogP contribution in [0.25, 0.3) is 11.0 Å². The number of aromatic nitrogens is 2. The smallest absolute Gasteiger partial charge is 0.306 e. The number of fused-ring (bicyclic) bond motifs is 1. The Kier molecular flexibility index (Phi) is 4.65. The Hall–Kier alpha value is -2.38. The topological polar surface area (TPSA) is 86.0 Å². The number of rotatable bonds is 4. The van der Waals surface area contributed by atoms with Crippen molar-refractivity contribution in [3.05, 3.63) is 64.1 Å². The lowest BCUT2D eigenvalue weighted by Gasteiger charge is -2.31. The van der Waals surface area contributed by atoms with Crippen molar-refractivity contribution in [3.63, 3.8) is 0 Å². The quantitative estimate of drug-likeness (QED) is 0.724. The van der Waals surface area contributed by atoms with Crippen LogP contribution in [0.3, 0.4) is 0 Å². The molecule has 6 nitrogen and oxygen atoms in total. The lowest BCUT2D eigenvalue weighted by Crippen LogP contribution is -2.39. The summed E-state index contributed by atoms with van der Waals surface area (Å²) in [7, 11) is -3.57. The zero-order chi connectivity index (χ0) is 19.0. The second kappa shape index (κ2) is 6.98. The fourth-order valence-corrected chi connectivity index (χ4v) is 5.59. The zero-order valence-corrected chi connectivity index (χ0v) is 16.1. The molecule has 0 saturated carbocycles. The van der Waals surface area contributed by atoms with Gasteiger partial charge in [0.2, 0.25) is 10.0 Å². The standard InChI is InChI=1S/C20H23N3O3S/c1-14-11-17-18(22-20(24)21-17)13-19(14)27(25,26)23-9-7-16(8-10-23)12-15-5-3-2-4-6-15/h2-6,11,13,16H,7-10,12H2,1H3,(H2,21,22,24). The minimum absolute atomic E-state index is 0.270. The van der Waals surface area contributed by atoms with Gasteiger partial charge in [0.15, 0.2) is 0 Å². The molecule has 0 atom stereocenters. The van der Waals surface area contributed by atoms with Crippen LogP contribution in [0, 0.1) is 12.8 Å². The van der Waals surface area contributed by atoms with Crippen LogP contribution in [0.1, 0.15) is 24.0 Å². The monoisotopic (exact) mass is 385 g/mol. The molecular weight excluding hydrogens is 362 g/mol. The molecular formula is C20H23N3O3S. The van der Waals surface area contributed by atoms with Crippen molar-refractivity contribution in [2.45, 2.75) is 31.1 Å². The third-order valence-corrected chi connectivity index (χ3v) is 7.41. The SMILES string of the molecule is Cc1cc2[nH]c(=O)[nH]c2cc1S(=O)(=O)N1CCC(Cc2ccccc2)CC1. The minimum atomic E-state index is -3.57. The first-order chi connectivity index (χ1) is 12.9. The van der Waals surface area contributed by atoms with Crippen molar-refractivity contribution in [1.82, 2.24) is 14.3 Å². The average molecular weight is 385 g/mol. The molecule has 1 saturated heterocycles. The minimum Gasteiger partial charge on any atom is -0.306 e. The zero-order valence-electron chi connectivity index (χ0n) is 15.2. The van der Waals surface area contributed by atoms with E-state index in [4.69, 9.17) is 0 Å². The molecule has 3 aromatic rings. The van der Waals surface area contributed by atoms with Crippen molar-refractivity contribution in [2.75, 3.05) is 13.1 Å². The largest absolute Gasteiger partial charge is 0.323 e. The van der Waals surface area contributed by atoms with Gasteiger partial charge in [-0.25, -0.2) is 13.2 Å². The van der Waals surface area contributed by atoms with Gasteiger partial charge in [-0.05, 0) is 55.4 Å². The Morgan fingerprint density at radius 3 is 2.33 bits per heavy atom. The molecule has 1 aromatic heterocycles. The second-order valence-corrected chi connectivity index (χ2v) is 9.19. The summed E-state index contributed by atoms with van der Waals surface area (Å²) < 4.78 is 27.9. The number of imidazole rings is 1. The van der Waals surface area contributed by atoms with Gasteiger partial charge in [0.05, 0.1) is 15.9 Å². The first kappa shape index (κ1) is 18.0. The summed E-state index contributed by atoms with van der Waals surface area (Å²) in [5.41, 5.74) is 2.75. The van der Waals surface area contributed by atoms with Gasteiger partial charge in [0.1, 0.15) is 0 Å². The molecule has 7 heteroatoms. The summed E-state index contributed by atoms with van der Waals surface area (Å²) in [6, 6.07) is 13.6. The van der Waals surface area contributed by atoms with E-state index >= 15 is 0 Å². The molecule has 0 amide bonds. The van der Waals surface area contributed by atoms with Gasteiger partial charge in [-0.1, -0.05) is 30.3 Å². The lowest BCUT2D eigenvalue weighted by atomic mass is 9.91. The second-order valence-electron chi connectivity index (χ2n) is 7.28. The molecule has 0 radical (unpaired) electrons. The van der Waals surface area contributed by atoms with Gasteiger partial charge in [0, 0.05) is 13.1 Å². The summed E-state index contributed by atoms with van der Waals surface area (Å²) in [6.45, 7) is 2.82. The molecule has 1 aliphatic heterocycles. The van der Waals surface area contributed by atoms with Crippen molar-refractivity contribution in [1.29, 1.82) is 0 Å². The lowest BCUT2D eigenvalue weighted by molar-refractivity contribution is 0.273. The van der Waals surface area contributed by atoms with E-state index < -0.39 is 10.0 Å². The van der Waals surface area contributed by atoms with Gasteiger partial charge in [-0.2, -0.15) is 4.31 Å². The van der Waals surface area contributed by atoms with Crippen LogP contribution in [0.5, 0.6) is 0 Å². The van der Waals surface area contributed by atoms with Gasteiger partial charge in [-0.3, -0.25) is 0 Å². The van der Waals surface area contributed by atoms with E-state index in [9.17, 15) is 13.2 Å². The molecule has 2 N–H and O–H groups in total. The van der Waals surface area contributed by atoms with E-state index in [1.807, 2.05) is 18.2 Å². The number of hydrogen-bond acceptors (Lipinski definition) is 3. The summed E-state index contributed by atoms with van der Waals surface area (Å²) in [5.74, 6) is 0.503. The molecule has 1 aliphatic rings. The Bertz CT molecular complexity index is 1110. The van der Waals surface area contributed by atoms with Crippen LogP contribution in [0.15, 0.2) is 52.2 Å². The molecule has 0 aliphatic carbocycles. The number of nitrogens with zero attached hydrogens (tertiary/aromatic N) is 1. The number of aromatic amines is 2. The highest BCUT2D eigenvalue weighted by atomic mass is 32.2. The first-order valence-corrected chi connectivity index (χ1v) is 10.6. The maximum atomic E-state index is 13.1. The highest BCUT2D eigenvalue weighted by molar-refractivity contribution is 7.89. The number of aryl methyl sites for hydroxylation is 1. The van der Waals surface area contributed by atoms with E-state index in [2.05, 4.69) is 22.1 Å². The molecule has 142 valence electrons. The third kappa shape index (κ3) is 3.57. The maximum Gasteiger partial charge on any atom is 0.323 e. The Morgan fingerprint density at radius 2 is 1.67 bits per heavy atom. The fourth-order valence-electron chi connectivity index (χ4n) is 3.89. The fraction of sp³-hybridized carbons (Fsp3) is 0.350. The van der Waals surface area contributed by atoms with Crippen LogP contribution in [0.2, 0.25) is 0 Å². The average Bonchev–Trinajstić information content (AvgIpc) is 3.01. The van der Waals surface area contributed by atoms with Crippen LogP contribution >= 0.6 is 0 Å². The highest BCUT2D eigenvalue weighted by Gasteiger charge is 2.30. The van der Waals surface area contributed by atoms with Gasteiger partial charge < -0.3 is 9.97 Å². The van der Waals surface area contributed by atoms with Crippen LogP contribution in [0.4, 0.5) is 0 Å². The maximum absolute atomic E-state index is 13.1. The molecule has 0 spiro atoms. The van der Waals surface area contributed by atoms with Crippen LogP contribution in [-0.4, -0.2) is 35.8 Å². The number of sulfonamides is 1. The third-order valence-electron chi connectivity index (χ3n) is 5.37. The Morgan fingerprint density at radius 1 is 1.04 bits per heavy atom. The molecule has 0 unspecified atom stereocenters. The number of piperidine rings is 1. The Labute approximate surface area is 158 Å². The number of benzene rings is 2. The van der Waals surface area contributed by atoms with E-state index in [-0.39, 0.29) is 10.6 Å². The van der Waals surface area contributed by atoms with Crippen molar-refractivity contribution in [2.24, 2.45) is 5.92 Å². The van der Waals surface area contributed by atoms with E-state index in [1.165, 1.54) is 5.56 Å². The van der Waals surface area contributed by atoms with Crippen molar-refractivity contribution in [3.8, 4) is 0 Å². The molecule has 27 heavy (non-hydrogen) atoms. The molecule has 1 fully saturated rings. The van der Waals surface area contributed by atoms with E-state index in [0.717, 1.165) is 19.3 Å². The van der Waals surface area contributed by atoms with Crippen molar-refractivity contribution < 1.29 is 8.42 Å². The van der Waals surface area contributed by atoms with E-state index in [0.29, 0.717) is 35.6 Å². The van der Waals surface area contributed by atoms with Gasteiger partial charge in [-0.15, -0.1) is 0 Å². The molecule has 4 rings (SSSR count). The number of hydrogen-bond donors (Lipinski definition) is 2. The summed E-state index contributed by atoms with van der Waals surface area (Å²) in [6.07, 6.45) is 2.71. The van der Waals surface area contributed by atoms with Gasteiger partial charge >= 0.3 is 5.69 Å². The summed E-state index contributed by atoms with van der Waals surface area (Å²) in [5, 5.41) is 0. The first-order valence-electron chi connectivity index (χ1n) is 9.20. The molecule has 2 aromatic carbocycles. The predicted molar refractivity (Wildman–Crippen MR) is 105 cm³/mol. The van der Waals surface area contributed by atoms with Gasteiger partial charge in [0.25, 0.3) is 0 Å². The number of H-pyrrole nitrogens is 2. The van der Waals surface area contributed by atoms with Crippen molar-refractivity contribution >= 4 is 21.1 Å². The summed E-state index contributed by atoms with van der Waals surface area (Å²) in [4.78, 5) is 17.1.